The average Bonchev–Trinajstić information content (AvgIpc) is 2.76. The summed E-state index contributed by atoms with van der Waals surface area (Å²) in [4.78, 5) is 14.5. The lowest BCUT2D eigenvalue weighted by molar-refractivity contribution is -0.123. The Hall–Kier alpha value is -3.34. The van der Waals surface area contributed by atoms with Crippen molar-refractivity contribution in [1.29, 1.82) is 0 Å². The number of nitrogens with zero attached hydrogens (tertiary/aromatic N) is 2. The Morgan fingerprint density at radius 1 is 1.19 bits per heavy atom. The summed E-state index contributed by atoms with van der Waals surface area (Å²) in [5.74, 6) is 0.864. The van der Waals surface area contributed by atoms with E-state index in [1.807, 2.05) is 48.5 Å². The Morgan fingerprint density at radius 3 is 2.81 bits per heavy atom. The molecule has 1 heterocycles. The standard InChI is InChI=1S/C26H29N3O2/c1-18-15-26(2,3)29(4)23-13-12-19(14-22(18)23)16-27-28-25(30)17-31-24-11-7-9-20-8-5-6-10-21(20)24/h5-14,16,18H,15,17H2,1-4H3,(H,28,30)/b27-16+/t18-/m1/s1. The summed E-state index contributed by atoms with van der Waals surface area (Å²) in [6, 6.07) is 20.1. The van der Waals surface area contributed by atoms with E-state index in [9.17, 15) is 4.79 Å². The van der Waals surface area contributed by atoms with Crippen molar-refractivity contribution in [3.05, 3.63) is 71.8 Å². The molecule has 5 heteroatoms. The van der Waals surface area contributed by atoms with Crippen molar-refractivity contribution in [2.24, 2.45) is 5.10 Å². The highest BCUT2D eigenvalue weighted by atomic mass is 16.5. The van der Waals surface area contributed by atoms with E-state index in [-0.39, 0.29) is 18.1 Å². The monoisotopic (exact) mass is 415 g/mol. The minimum atomic E-state index is -0.294. The average molecular weight is 416 g/mol. The van der Waals surface area contributed by atoms with E-state index in [0.717, 1.165) is 22.8 Å². The number of carbonyl (C=O) groups excluding carboxylic acids is 1. The molecule has 1 aliphatic heterocycles. The normalized spacial score (nSPS) is 17.5. The van der Waals surface area contributed by atoms with Crippen molar-refractivity contribution in [3.8, 4) is 5.75 Å². The Balaban J connectivity index is 1.38. The van der Waals surface area contributed by atoms with Crippen molar-refractivity contribution < 1.29 is 9.53 Å². The van der Waals surface area contributed by atoms with Crippen LogP contribution in [0.2, 0.25) is 0 Å². The Bertz CT molecular complexity index is 1130. The second-order valence-corrected chi connectivity index (χ2v) is 8.85. The Kier molecular flexibility index (Phi) is 5.68. The molecule has 160 valence electrons. The van der Waals surface area contributed by atoms with Crippen LogP contribution >= 0.6 is 0 Å². The molecule has 1 aliphatic rings. The zero-order chi connectivity index (χ0) is 22.0. The molecule has 0 aliphatic carbocycles. The van der Waals surface area contributed by atoms with Gasteiger partial charge >= 0.3 is 0 Å². The molecule has 0 spiro atoms. The summed E-state index contributed by atoms with van der Waals surface area (Å²) in [7, 11) is 2.15. The zero-order valence-corrected chi connectivity index (χ0v) is 18.6. The van der Waals surface area contributed by atoms with E-state index in [0.29, 0.717) is 11.7 Å². The van der Waals surface area contributed by atoms with Crippen molar-refractivity contribution in [2.45, 2.75) is 38.6 Å². The summed E-state index contributed by atoms with van der Waals surface area (Å²) in [6.07, 6.45) is 2.78. The fraction of sp³-hybridized carbons (Fsp3) is 0.308. The van der Waals surface area contributed by atoms with Gasteiger partial charge in [0.05, 0.1) is 6.21 Å². The van der Waals surface area contributed by atoms with Crippen LogP contribution in [0.15, 0.2) is 65.8 Å². The van der Waals surface area contributed by atoms with E-state index in [2.05, 4.69) is 55.4 Å². The fourth-order valence-corrected chi connectivity index (χ4v) is 4.35. The minimum Gasteiger partial charge on any atom is -0.483 e. The topological polar surface area (TPSA) is 53.9 Å². The molecule has 0 saturated heterocycles. The Morgan fingerprint density at radius 2 is 1.97 bits per heavy atom. The summed E-state index contributed by atoms with van der Waals surface area (Å²) in [5.41, 5.74) is 6.24. The highest BCUT2D eigenvalue weighted by molar-refractivity contribution is 5.89. The molecule has 1 N–H and O–H groups in total. The molecule has 0 saturated carbocycles. The molecule has 3 aromatic rings. The van der Waals surface area contributed by atoms with Crippen molar-refractivity contribution in [1.82, 2.24) is 5.43 Å². The molecular formula is C26H29N3O2. The zero-order valence-electron chi connectivity index (χ0n) is 18.6. The molecule has 0 bridgehead atoms. The van der Waals surface area contributed by atoms with E-state index >= 15 is 0 Å². The quantitative estimate of drug-likeness (QED) is 0.466. The van der Waals surface area contributed by atoms with Gasteiger partial charge in [0.2, 0.25) is 0 Å². The smallest absolute Gasteiger partial charge is 0.277 e. The van der Waals surface area contributed by atoms with Crippen LogP contribution < -0.4 is 15.1 Å². The highest BCUT2D eigenvalue weighted by Gasteiger charge is 2.33. The van der Waals surface area contributed by atoms with Gasteiger partial charge in [0, 0.05) is 23.7 Å². The van der Waals surface area contributed by atoms with E-state index in [4.69, 9.17) is 4.74 Å². The molecule has 31 heavy (non-hydrogen) atoms. The minimum absolute atomic E-state index is 0.0908. The van der Waals surface area contributed by atoms with Crippen LogP contribution in [0.4, 0.5) is 5.69 Å². The number of hydrogen-bond acceptors (Lipinski definition) is 4. The van der Waals surface area contributed by atoms with E-state index < -0.39 is 0 Å². The van der Waals surface area contributed by atoms with Gasteiger partial charge in [-0.05, 0) is 60.9 Å². The van der Waals surface area contributed by atoms with Crippen LogP contribution in [0.5, 0.6) is 5.75 Å². The maximum absolute atomic E-state index is 12.2. The number of nitrogens with one attached hydrogen (secondary N) is 1. The van der Waals surface area contributed by atoms with Crippen molar-refractivity contribution >= 4 is 28.6 Å². The van der Waals surface area contributed by atoms with Crippen LogP contribution in [-0.2, 0) is 4.79 Å². The first-order valence-corrected chi connectivity index (χ1v) is 10.7. The largest absolute Gasteiger partial charge is 0.483 e. The number of ether oxygens (including phenoxy) is 1. The molecule has 1 atom stereocenters. The molecule has 5 nitrogen and oxygen atoms in total. The molecule has 0 fully saturated rings. The highest BCUT2D eigenvalue weighted by Crippen LogP contribution is 2.42. The van der Waals surface area contributed by atoms with E-state index in [1.165, 1.54) is 11.3 Å². The number of hydrogen-bond donors (Lipinski definition) is 1. The number of hydrazone groups is 1. The van der Waals surface area contributed by atoms with Gasteiger partial charge in [0.15, 0.2) is 6.61 Å². The van der Waals surface area contributed by atoms with Gasteiger partial charge in [0.1, 0.15) is 5.75 Å². The molecule has 0 radical (unpaired) electrons. The maximum Gasteiger partial charge on any atom is 0.277 e. The Labute approximate surface area is 183 Å². The lowest BCUT2D eigenvalue weighted by Crippen LogP contribution is -2.45. The van der Waals surface area contributed by atoms with Crippen LogP contribution in [0.3, 0.4) is 0 Å². The van der Waals surface area contributed by atoms with Crippen molar-refractivity contribution in [2.75, 3.05) is 18.6 Å². The van der Waals surface area contributed by atoms with Gasteiger partial charge in [-0.1, -0.05) is 49.4 Å². The van der Waals surface area contributed by atoms with Crippen LogP contribution in [0.25, 0.3) is 10.8 Å². The molecule has 4 rings (SSSR count). The third-order valence-electron chi connectivity index (χ3n) is 6.17. The number of fused-ring (bicyclic) bond motifs is 2. The second kappa shape index (κ2) is 8.42. The first-order chi connectivity index (χ1) is 14.8. The molecule has 3 aromatic carbocycles. The molecule has 0 aromatic heterocycles. The SMILES string of the molecule is C[C@@H]1CC(C)(C)N(C)c2ccc(/C=N/NC(=O)COc3cccc4ccccc34)cc21. The maximum atomic E-state index is 12.2. The molecule has 1 amide bonds. The lowest BCUT2D eigenvalue weighted by Gasteiger charge is -2.45. The predicted molar refractivity (Wildman–Crippen MR) is 127 cm³/mol. The summed E-state index contributed by atoms with van der Waals surface area (Å²) < 4.78 is 5.71. The number of amides is 1. The first kappa shape index (κ1) is 20.9. The van der Waals surface area contributed by atoms with Gasteiger partial charge in [-0.3, -0.25) is 4.79 Å². The third-order valence-corrected chi connectivity index (χ3v) is 6.17. The molecule has 0 unspecified atom stereocenters. The number of benzene rings is 3. The third kappa shape index (κ3) is 4.41. The second-order valence-electron chi connectivity index (χ2n) is 8.85. The van der Waals surface area contributed by atoms with Gasteiger partial charge in [-0.25, -0.2) is 5.43 Å². The number of carbonyl (C=O) groups is 1. The van der Waals surface area contributed by atoms with Crippen LogP contribution in [0, 0.1) is 0 Å². The number of anilines is 1. The van der Waals surface area contributed by atoms with Gasteiger partial charge < -0.3 is 9.64 Å². The lowest BCUT2D eigenvalue weighted by atomic mass is 9.80. The van der Waals surface area contributed by atoms with Crippen molar-refractivity contribution in [3.63, 3.8) is 0 Å². The summed E-state index contributed by atoms with van der Waals surface area (Å²) in [5, 5.41) is 6.18. The molecular weight excluding hydrogens is 386 g/mol. The predicted octanol–water partition coefficient (Wildman–Crippen LogP) is 5.09. The number of rotatable bonds is 5. The summed E-state index contributed by atoms with van der Waals surface area (Å²) in [6.45, 7) is 6.72. The van der Waals surface area contributed by atoms with Gasteiger partial charge in [-0.2, -0.15) is 5.10 Å². The van der Waals surface area contributed by atoms with Crippen LogP contribution in [-0.4, -0.2) is 31.3 Å². The summed E-state index contributed by atoms with van der Waals surface area (Å²) >= 11 is 0. The van der Waals surface area contributed by atoms with Crippen LogP contribution in [0.1, 0.15) is 44.2 Å². The first-order valence-electron chi connectivity index (χ1n) is 10.7. The van der Waals surface area contributed by atoms with Gasteiger partial charge in [0.25, 0.3) is 5.91 Å². The van der Waals surface area contributed by atoms with Gasteiger partial charge in [-0.15, -0.1) is 0 Å². The van der Waals surface area contributed by atoms with E-state index in [1.54, 1.807) is 6.21 Å². The fourth-order valence-electron chi connectivity index (χ4n) is 4.35.